The Balaban J connectivity index is 1.54. The molecule has 1 unspecified atom stereocenters. The van der Waals surface area contributed by atoms with Gasteiger partial charge in [-0.25, -0.2) is 0 Å². The highest BCUT2D eigenvalue weighted by Gasteiger charge is 2.22. The summed E-state index contributed by atoms with van der Waals surface area (Å²) in [5, 5.41) is 4.53. The number of fused-ring (bicyclic) bond motifs is 2. The molecule has 0 saturated carbocycles. The van der Waals surface area contributed by atoms with Gasteiger partial charge in [0.25, 0.3) is 0 Å². The zero-order chi connectivity index (χ0) is 19.6. The van der Waals surface area contributed by atoms with E-state index in [4.69, 9.17) is 14.5 Å². The minimum Gasteiger partial charge on any atom is -0.466 e. The number of hydrogen-bond acceptors (Lipinski definition) is 5. The van der Waals surface area contributed by atoms with E-state index in [0.29, 0.717) is 12.6 Å². The van der Waals surface area contributed by atoms with Crippen LogP contribution in [0.2, 0.25) is 25.7 Å². The van der Waals surface area contributed by atoms with Gasteiger partial charge in [0, 0.05) is 45.4 Å². The third-order valence-corrected chi connectivity index (χ3v) is 6.63. The van der Waals surface area contributed by atoms with Gasteiger partial charge in [0.05, 0.1) is 11.4 Å². The minimum absolute atomic E-state index is 0.101. The van der Waals surface area contributed by atoms with Gasteiger partial charge in [-0.1, -0.05) is 25.7 Å². The smallest absolute Gasteiger partial charge is 0.240 e. The summed E-state index contributed by atoms with van der Waals surface area (Å²) < 4.78 is 14.2. The number of aromatic nitrogens is 3. The van der Waals surface area contributed by atoms with Crippen molar-refractivity contribution in [3.63, 3.8) is 0 Å². The molecule has 1 atom stereocenters. The molecule has 0 amide bonds. The van der Waals surface area contributed by atoms with Gasteiger partial charge in [-0.3, -0.25) is 4.98 Å². The first-order chi connectivity index (χ1) is 13.5. The lowest BCUT2D eigenvalue weighted by atomic mass is 10.1. The average molecular weight is 397 g/mol. The molecule has 7 heteroatoms. The molecule has 148 valence electrons. The molecule has 6 nitrogen and oxygen atoms in total. The van der Waals surface area contributed by atoms with Crippen LogP contribution in [-0.2, 0) is 11.5 Å². The first-order valence-electron chi connectivity index (χ1n) is 9.89. The van der Waals surface area contributed by atoms with Crippen LogP contribution in [0.25, 0.3) is 11.0 Å². The Labute approximate surface area is 166 Å². The van der Waals surface area contributed by atoms with Crippen molar-refractivity contribution in [3.8, 4) is 5.88 Å². The first-order valence-corrected chi connectivity index (χ1v) is 13.6. The van der Waals surface area contributed by atoms with Crippen LogP contribution in [-0.4, -0.2) is 35.8 Å². The monoisotopic (exact) mass is 396 g/mol. The molecule has 1 aliphatic heterocycles. The number of nitrogens with one attached hydrogen (secondary N) is 1. The molecule has 0 aliphatic carbocycles. The molecule has 4 rings (SSSR count). The SMILES string of the molecule is C[Si](C)(C)CCOCn1ccc2cc3c(nc21)OC(c1ccccn1)CCN3. The van der Waals surface area contributed by atoms with E-state index in [1.807, 2.05) is 29.0 Å². The highest BCUT2D eigenvalue weighted by atomic mass is 28.3. The Morgan fingerprint density at radius 3 is 2.96 bits per heavy atom. The molecule has 0 spiro atoms. The summed E-state index contributed by atoms with van der Waals surface area (Å²) in [5.41, 5.74) is 2.75. The van der Waals surface area contributed by atoms with E-state index in [1.54, 1.807) is 6.20 Å². The topological polar surface area (TPSA) is 61.2 Å². The van der Waals surface area contributed by atoms with Gasteiger partial charge in [-0.05, 0) is 30.3 Å². The second-order valence-electron chi connectivity index (χ2n) is 8.46. The van der Waals surface area contributed by atoms with Crippen LogP contribution in [0.1, 0.15) is 18.2 Å². The van der Waals surface area contributed by atoms with Crippen LogP contribution in [0.3, 0.4) is 0 Å². The lowest BCUT2D eigenvalue weighted by Gasteiger charge is -2.16. The van der Waals surface area contributed by atoms with E-state index in [0.717, 1.165) is 48.0 Å². The molecule has 0 aromatic carbocycles. The Kier molecular flexibility index (Phi) is 5.37. The molecule has 4 heterocycles. The van der Waals surface area contributed by atoms with Gasteiger partial charge in [0.2, 0.25) is 5.88 Å². The van der Waals surface area contributed by atoms with E-state index in [2.05, 4.69) is 42.1 Å². The van der Waals surface area contributed by atoms with Crippen molar-refractivity contribution in [2.75, 3.05) is 18.5 Å². The summed E-state index contributed by atoms with van der Waals surface area (Å²) in [5.74, 6) is 0.628. The number of nitrogens with zero attached hydrogens (tertiary/aromatic N) is 3. The predicted octanol–water partition coefficient (Wildman–Crippen LogP) is 4.68. The number of pyridine rings is 2. The zero-order valence-electron chi connectivity index (χ0n) is 16.8. The van der Waals surface area contributed by atoms with Crippen molar-refractivity contribution in [2.45, 2.75) is 44.9 Å². The summed E-state index contributed by atoms with van der Waals surface area (Å²) in [6, 6.07) is 11.3. The summed E-state index contributed by atoms with van der Waals surface area (Å²) in [6.45, 7) is 9.21. The number of ether oxygens (including phenoxy) is 2. The summed E-state index contributed by atoms with van der Waals surface area (Å²) in [6.07, 6.45) is 4.58. The molecular weight excluding hydrogens is 368 g/mol. The van der Waals surface area contributed by atoms with Gasteiger partial charge >= 0.3 is 0 Å². The first kappa shape index (κ1) is 19.0. The molecule has 28 heavy (non-hydrogen) atoms. The van der Waals surface area contributed by atoms with Crippen molar-refractivity contribution >= 4 is 24.8 Å². The normalized spacial score (nSPS) is 16.9. The van der Waals surface area contributed by atoms with E-state index in [9.17, 15) is 0 Å². The van der Waals surface area contributed by atoms with Crippen LogP contribution in [0.5, 0.6) is 5.88 Å². The summed E-state index contributed by atoms with van der Waals surface area (Å²) >= 11 is 0. The fraction of sp³-hybridized carbons (Fsp3) is 0.429. The second kappa shape index (κ2) is 7.93. The average Bonchev–Trinajstić information content (AvgIpc) is 2.93. The Morgan fingerprint density at radius 2 is 2.18 bits per heavy atom. The molecule has 3 aromatic rings. The molecule has 0 saturated heterocycles. The third kappa shape index (κ3) is 4.36. The Bertz CT molecular complexity index is 937. The van der Waals surface area contributed by atoms with Crippen molar-refractivity contribution in [3.05, 3.63) is 48.4 Å². The second-order valence-corrected chi connectivity index (χ2v) is 14.1. The van der Waals surface area contributed by atoms with Gasteiger partial charge in [-0.15, -0.1) is 0 Å². The largest absolute Gasteiger partial charge is 0.466 e. The molecule has 3 aromatic heterocycles. The highest BCUT2D eigenvalue weighted by molar-refractivity contribution is 6.76. The van der Waals surface area contributed by atoms with Crippen LogP contribution in [0.15, 0.2) is 42.7 Å². The lowest BCUT2D eigenvalue weighted by Crippen LogP contribution is -2.22. The van der Waals surface area contributed by atoms with Crippen LogP contribution in [0.4, 0.5) is 5.69 Å². The van der Waals surface area contributed by atoms with Gasteiger partial charge in [0.15, 0.2) is 0 Å². The molecular formula is C21H28N4O2Si. The van der Waals surface area contributed by atoms with Gasteiger partial charge in [0.1, 0.15) is 18.5 Å². The Hall–Kier alpha value is -2.38. The highest BCUT2D eigenvalue weighted by Crippen LogP contribution is 2.34. The minimum atomic E-state index is -1.08. The molecule has 1 aliphatic rings. The molecule has 0 bridgehead atoms. The fourth-order valence-electron chi connectivity index (χ4n) is 3.26. The maximum absolute atomic E-state index is 6.26. The van der Waals surface area contributed by atoms with E-state index < -0.39 is 8.07 Å². The van der Waals surface area contributed by atoms with Crippen LogP contribution >= 0.6 is 0 Å². The van der Waals surface area contributed by atoms with Gasteiger partial charge < -0.3 is 19.4 Å². The third-order valence-electron chi connectivity index (χ3n) is 4.92. The standard InChI is InChI=1S/C21H28N4O2Si/c1-28(2,3)13-12-26-15-25-11-8-16-14-18-21(24-20(16)25)27-19(7-10-23-18)17-6-4-5-9-22-17/h4-6,8-9,11,14,19,23H,7,10,12-13,15H2,1-3H3. The summed E-state index contributed by atoms with van der Waals surface area (Å²) in [7, 11) is -1.08. The number of hydrogen-bond donors (Lipinski definition) is 1. The van der Waals surface area contributed by atoms with Crippen molar-refractivity contribution in [1.82, 2.24) is 14.5 Å². The maximum atomic E-state index is 6.26. The number of anilines is 1. The van der Waals surface area contributed by atoms with E-state index >= 15 is 0 Å². The van der Waals surface area contributed by atoms with Gasteiger partial charge in [-0.2, -0.15) is 4.98 Å². The van der Waals surface area contributed by atoms with Crippen molar-refractivity contribution in [1.29, 1.82) is 0 Å². The van der Waals surface area contributed by atoms with E-state index in [1.165, 1.54) is 0 Å². The molecule has 0 fully saturated rings. The van der Waals surface area contributed by atoms with Crippen LogP contribution < -0.4 is 10.1 Å². The lowest BCUT2D eigenvalue weighted by molar-refractivity contribution is 0.0897. The van der Waals surface area contributed by atoms with E-state index in [-0.39, 0.29) is 6.10 Å². The molecule has 1 N–H and O–H groups in total. The quantitative estimate of drug-likeness (QED) is 0.484. The molecule has 0 radical (unpaired) electrons. The van der Waals surface area contributed by atoms with Crippen LogP contribution in [0, 0.1) is 0 Å². The summed E-state index contributed by atoms with van der Waals surface area (Å²) in [4.78, 5) is 9.27. The van der Waals surface area contributed by atoms with Crippen molar-refractivity contribution in [2.24, 2.45) is 0 Å². The fourth-order valence-corrected chi connectivity index (χ4v) is 4.02. The number of rotatable bonds is 6. The van der Waals surface area contributed by atoms with Crippen molar-refractivity contribution < 1.29 is 9.47 Å². The zero-order valence-corrected chi connectivity index (χ0v) is 17.8. The Morgan fingerprint density at radius 1 is 1.29 bits per heavy atom. The maximum Gasteiger partial charge on any atom is 0.240 e. The predicted molar refractivity (Wildman–Crippen MR) is 115 cm³/mol.